The minimum Gasteiger partial charge on any atom is -0.507 e. The van der Waals surface area contributed by atoms with E-state index in [4.69, 9.17) is 25.8 Å². The lowest BCUT2D eigenvalue weighted by atomic mass is 9.95. The van der Waals surface area contributed by atoms with Crippen LogP contribution < -0.4 is 19.1 Å². The highest BCUT2D eigenvalue weighted by atomic mass is 35.5. The summed E-state index contributed by atoms with van der Waals surface area (Å²) in [6, 6.07) is 17.9. The molecule has 4 rings (SSSR count). The molecule has 1 aliphatic rings. The van der Waals surface area contributed by atoms with E-state index >= 15 is 0 Å². The predicted molar refractivity (Wildman–Crippen MR) is 138 cm³/mol. The van der Waals surface area contributed by atoms with Crippen molar-refractivity contribution < 1.29 is 28.9 Å². The monoisotopic (exact) mass is 507 g/mol. The zero-order valence-electron chi connectivity index (χ0n) is 20.2. The number of benzene rings is 3. The van der Waals surface area contributed by atoms with Crippen molar-refractivity contribution in [1.29, 1.82) is 0 Å². The van der Waals surface area contributed by atoms with Crippen LogP contribution in [0.3, 0.4) is 0 Å². The summed E-state index contributed by atoms with van der Waals surface area (Å²) in [5.41, 5.74) is 1.18. The van der Waals surface area contributed by atoms with Crippen molar-refractivity contribution >= 4 is 34.7 Å². The van der Waals surface area contributed by atoms with E-state index in [9.17, 15) is 14.7 Å². The van der Waals surface area contributed by atoms with Crippen LogP contribution in [0.4, 0.5) is 5.69 Å². The summed E-state index contributed by atoms with van der Waals surface area (Å²) in [5, 5.41) is 11.6. The number of rotatable bonds is 8. The average molecular weight is 508 g/mol. The maximum atomic E-state index is 13.4. The van der Waals surface area contributed by atoms with Gasteiger partial charge < -0.3 is 19.3 Å². The maximum absolute atomic E-state index is 13.4. The molecule has 1 aliphatic heterocycles. The third-order valence-corrected chi connectivity index (χ3v) is 6.12. The molecular formula is C28H26ClNO6. The van der Waals surface area contributed by atoms with Gasteiger partial charge in [-0.3, -0.25) is 14.5 Å². The first kappa shape index (κ1) is 25.1. The fourth-order valence-corrected chi connectivity index (χ4v) is 4.40. The Bertz CT molecular complexity index is 1320. The molecule has 1 unspecified atom stereocenters. The van der Waals surface area contributed by atoms with Gasteiger partial charge in [0.15, 0.2) is 11.5 Å². The summed E-state index contributed by atoms with van der Waals surface area (Å²) in [6.07, 6.45) is 0. The van der Waals surface area contributed by atoms with E-state index in [1.165, 1.54) is 18.1 Å². The lowest BCUT2D eigenvalue weighted by molar-refractivity contribution is -0.132. The number of aliphatic hydroxyl groups is 1. The van der Waals surface area contributed by atoms with Crippen LogP contribution in [0.2, 0.25) is 5.02 Å². The minimum absolute atomic E-state index is 0.0757. The second-order valence-corrected chi connectivity index (χ2v) is 8.33. The Labute approximate surface area is 214 Å². The van der Waals surface area contributed by atoms with Gasteiger partial charge in [0.1, 0.15) is 11.5 Å². The first-order valence-electron chi connectivity index (χ1n) is 11.5. The Morgan fingerprint density at radius 3 is 2.31 bits per heavy atom. The Balaban J connectivity index is 1.93. The van der Waals surface area contributed by atoms with Gasteiger partial charge in [0.05, 0.1) is 37.0 Å². The molecule has 186 valence electrons. The third-order valence-electron chi connectivity index (χ3n) is 5.79. The molecule has 7 nitrogen and oxygen atoms in total. The quantitative estimate of drug-likeness (QED) is 0.236. The first-order chi connectivity index (χ1) is 17.4. The number of halogens is 1. The van der Waals surface area contributed by atoms with Gasteiger partial charge in [-0.1, -0.05) is 41.9 Å². The lowest BCUT2D eigenvalue weighted by Gasteiger charge is -2.26. The molecule has 0 bridgehead atoms. The van der Waals surface area contributed by atoms with E-state index < -0.39 is 17.7 Å². The van der Waals surface area contributed by atoms with Crippen LogP contribution in [0.1, 0.15) is 31.0 Å². The molecule has 1 amide bonds. The van der Waals surface area contributed by atoms with Crippen molar-refractivity contribution in [3.63, 3.8) is 0 Å². The van der Waals surface area contributed by atoms with Gasteiger partial charge in [-0.2, -0.15) is 0 Å². The van der Waals surface area contributed by atoms with Crippen molar-refractivity contribution in [2.45, 2.75) is 19.9 Å². The van der Waals surface area contributed by atoms with Gasteiger partial charge in [-0.05, 0) is 49.7 Å². The smallest absolute Gasteiger partial charge is 0.300 e. The molecule has 3 aromatic carbocycles. The first-order valence-corrected chi connectivity index (χ1v) is 11.9. The highest BCUT2D eigenvalue weighted by Crippen LogP contribution is 2.45. The van der Waals surface area contributed by atoms with E-state index in [0.717, 1.165) is 0 Å². The number of nitrogens with zero attached hydrogens (tertiary/aromatic N) is 1. The molecule has 8 heteroatoms. The van der Waals surface area contributed by atoms with E-state index in [2.05, 4.69) is 0 Å². The number of carbonyl (C=O) groups excluding carboxylic acids is 2. The van der Waals surface area contributed by atoms with Crippen LogP contribution in [0.25, 0.3) is 5.76 Å². The summed E-state index contributed by atoms with van der Waals surface area (Å²) in [6.45, 7) is 4.53. The number of Topliss-reactive ketones (excluding diaryl/α,β-unsaturated/α-hetero) is 1. The molecule has 3 aromatic rings. The Morgan fingerprint density at radius 1 is 0.944 bits per heavy atom. The predicted octanol–water partition coefficient (Wildman–Crippen LogP) is 5.77. The zero-order chi connectivity index (χ0) is 25.8. The number of aliphatic hydroxyl groups excluding tert-OH is 1. The second kappa shape index (κ2) is 10.7. The summed E-state index contributed by atoms with van der Waals surface area (Å²) in [4.78, 5) is 28.2. The van der Waals surface area contributed by atoms with Crippen molar-refractivity contribution in [2.75, 3.05) is 25.2 Å². The molecule has 1 heterocycles. The van der Waals surface area contributed by atoms with Gasteiger partial charge in [-0.25, -0.2) is 0 Å². The van der Waals surface area contributed by atoms with E-state index in [0.29, 0.717) is 41.7 Å². The number of anilines is 1. The van der Waals surface area contributed by atoms with Gasteiger partial charge in [-0.15, -0.1) is 0 Å². The molecule has 1 atom stereocenters. The number of hydrogen-bond donors (Lipinski definition) is 1. The fourth-order valence-electron chi connectivity index (χ4n) is 4.20. The Morgan fingerprint density at radius 2 is 1.64 bits per heavy atom. The van der Waals surface area contributed by atoms with Crippen LogP contribution >= 0.6 is 11.6 Å². The van der Waals surface area contributed by atoms with Gasteiger partial charge in [0.2, 0.25) is 0 Å². The van der Waals surface area contributed by atoms with Crippen molar-refractivity contribution in [3.05, 3.63) is 88.5 Å². The molecule has 0 saturated carbocycles. The molecule has 0 spiro atoms. The molecule has 36 heavy (non-hydrogen) atoms. The second-order valence-electron chi connectivity index (χ2n) is 7.92. The number of carbonyl (C=O) groups is 2. The summed E-state index contributed by atoms with van der Waals surface area (Å²) in [7, 11) is 1.48. The fraction of sp³-hybridized carbons (Fsp3) is 0.214. The summed E-state index contributed by atoms with van der Waals surface area (Å²) < 4.78 is 16.6. The third kappa shape index (κ3) is 4.62. The van der Waals surface area contributed by atoms with Gasteiger partial charge in [0, 0.05) is 17.3 Å². The number of ketones is 1. The minimum atomic E-state index is -0.902. The van der Waals surface area contributed by atoms with E-state index in [1.807, 2.05) is 19.9 Å². The topological polar surface area (TPSA) is 85.3 Å². The average Bonchev–Trinajstić information content (AvgIpc) is 3.16. The SMILES string of the molecule is CCOc1ccc(N2C(=O)C(=O)/C(=C(/O)c3cc(OC)ccc3Cl)C2c2ccccc2)cc1OCC. The Hall–Kier alpha value is -3.97. The number of hydrogen-bond acceptors (Lipinski definition) is 6. The number of amides is 1. The van der Waals surface area contributed by atoms with Crippen LogP contribution in [-0.2, 0) is 9.59 Å². The molecule has 1 N–H and O–H groups in total. The van der Waals surface area contributed by atoms with Crippen LogP contribution in [0, 0.1) is 0 Å². The highest BCUT2D eigenvalue weighted by molar-refractivity contribution is 6.52. The molecule has 1 fully saturated rings. The van der Waals surface area contributed by atoms with Crippen molar-refractivity contribution in [1.82, 2.24) is 0 Å². The molecule has 1 saturated heterocycles. The molecule has 0 aromatic heterocycles. The lowest BCUT2D eigenvalue weighted by Crippen LogP contribution is -2.29. The normalized spacial score (nSPS) is 16.8. The van der Waals surface area contributed by atoms with E-state index in [1.54, 1.807) is 54.6 Å². The van der Waals surface area contributed by atoms with Crippen LogP contribution in [0.5, 0.6) is 17.2 Å². The number of methoxy groups -OCH3 is 1. The zero-order valence-corrected chi connectivity index (χ0v) is 20.9. The number of ether oxygens (including phenoxy) is 3. The van der Waals surface area contributed by atoms with Gasteiger partial charge >= 0.3 is 0 Å². The maximum Gasteiger partial charge on any atom is 0.300 e. The Kier molecular flexibility index (Phi) is 7.50. The molecule has 0 radical (unpaired) electrons. The van der Waals surface area contributed by atoms with Crippen LogP contribution in [-0.4, -0.2) is 37.1 Å². The van der Waals surface area contributed by atoms with Gasteiger partial charge in [0.25, 0.3) is 11.7 Å². The van der Waals surface area contributed by atoms with Crippen molar-refractivity contribution in [2.24, 2.45) is 0 Å². The van der Waals surface area contributed by atoms with Crippen molar-refractivity contribution in [3.8, 4) is 17.2 Å². The van der Waals surface area contributed by atoms with Crippen LogP contribution in [0.15, 0.2) is 72.3 Å². The summed E-state index contributed by atoms with van der Waals surface area (Å²) >= 11 is 6.37. The largest absolute Gasteiger partial charge is 0.507 e. The summed E-state index contributed by atoms with van der Waals surface area (Å²) in [5.74, 6) is -0.576. The highest BCUT2D eigenvalue weighted by Gasteiger charge is 2.47. The molecule has 0 aliphatic carbocycles. The van der Waals surface area contributed by atoms with E-state index in [-0.39, 0.29) is 21.9 Å². The standard InChI is InChI=1S/C28H26ClNO6/c1-4-35-22-14-11-18(15-23(22)36-5-2)30-25(17-9-7-6-8-10-17)24(27(32)28(30)33)26(31)20-16-19(34-3)12-13-21(20)29/h6-16,25,31H,4-5H2,1-3H3/b26-24+. The molecular weight excluding hydrogens is 482 g/mol.